The predicted molar refractivity (Wildman–Crippen MR) is 76.5 cm³/mol. The molecule has 1 aliphatic rings. The van der Waals surface area contributed by atoms with Gasteiger partial charge >= 0.3 is 5.97 Å². The van der Waals surface area contributed by atoms with E-state index in [0.717, 1.165) is 25.7 Å². The number of benzene rings is 1. The Morgan fingerprint density at radius 2 is 1.40 bits per heavy atom. The topological polar surface area (TPSA) is 69.4 Å². The summed E-state index contributed by atoms with van der Waals surface area (Å²) in [5.74, 6) is -0.809. The highest BCUT2D eigenvalue weighted by molar-refractivity contribution is 5.95. The molecule has 1 aromatic rings. The summed E-state index contributed by atoms with van der Waals surface area (Å²) < 4.78 is 5.56. The number of hydrogen-bond donors (Lipinski definition) is 1. The van der Waals surface area contributed by atoms with Gasteiger partial charge < -0.3 is 10.5 Å². The number of amides is 1. The SMILES string of the molecule is NC(=O)c1ccc(C(=O)OC2CCCCCCC2)cc1. The van der Waals surface area contributed by atoms with Gasteiger partial charge in [0.05, 0.1) is 5.56 Å². The average molecular weight is 275 g/mol. The molecule has 0 unspecified atom stereocenters. The van der Waals surface area contributed by atoms with Crippen LogP contribution in [0, 0.1) is 0 Å². The lowest BCUT2D eigenvalue weighted by Gasteiger charge is -2.20. The Morgan fingerprint density at radius 3 is 1.95 bits per heavy atom. The molecule has 0 heterocycles. The zero-order valence-corrected chi connectivity index (χ0v) is 11.6. The van der Waals surface area contributed by atoms with E-state index in [2.05, 4.69) is 0 Å². The van der Waals surface area contributed by atoms with Crippen LogP contribution in [-0.4, -0.2) is 18.0 Å². The maximum Gasteiger partial charge on any atom is 0.338 e. The summed E-state index contributed by atoms with van der Waals surface area (Å²) in [6.07, 6.45) is 7.91. The van der Waals surface area contributed by atoms with Crippen LogP contribution in [0.4, 0.5) is 0 Å². The van der Waals surface area contributed by atoms with Crippen molar-refractivity contribution in [1.82, 2.24) is 0 Å². The van der Waals surface area contributed by atoms with Crippen LogP contribution in [0.15, 0.2) is 24.3 Å². The summed E-state index contributed by atoms with van der Waals surface area (Å²) in [5, 5.41) is 0. The molecule has 2 N–H and O–H groups in total. The Hall–Kier alpha value is -1.84. The van der Waals surface area contributed by atoms with Crippen molar-refractivity contribution < 1.29 is 14.3 Å². The molecule has 4 nitrogen and oxygen atoms in total. The molecule has 0 spiro atoms. The lowest BCUT2D eigenvalue weighted by atomic mass is 9.98. The number of nitrogens with two attached hydrogens (primary N) is 1. The van der Waals surface area contributed by atoms with Gasteiger partial charge in [-0.2, -0.15) is 0 Å². The summed E-state index contributed by atoms with van der Waals surface area (Å²) in [6.45, 7) is 0. The summed E-state index contributed by atoms with van der Waals surface area (Å²) >= 11 is 0. The van der Waals surface area contributed by atoms with Crippen LogP contribution in [-0.2, 0) is 4.74 Å². The van der Waals surface area contributed by atoms with Gasteiger partial charge in [0.25, 0.3) is 0 Å². The summed E-state index contributed by atoms with van der Waals surface area (Å²) in [4.78, 5) is 23.0. The second kappa shape index (κ2) is 7.08. The van der Waals surface area contributed by atoms with E-state index in [-0.39, 0.29) is 12.1 Å². The molecule has 1 saturated carbocycles. The van der Waals surface area contributed by atoms with Crippen LogP contribution in [0.5, 0.6) is 0 Å². The lowest BCUT2D eigenvalue weighted by Crippen LogP contribution is -2.19. The Labute approximate surface area is 119 Å². The quantitative estimate of drug-likeness (QED) is 0.862. The van der Waals surface area contributed by atoms with Crippen LogP contribution in [0.1, 0.15) is 65.7 Å². The molecule has 2 rings (SSSR count). The number of esters is 1. The highest BCUT2D eigenvalue weighted by atomic mass is 16.5. The van der Waals surface area contributed by atoms with E-state index < -0.39 is 5.91 Å². The molecule has 108 valence electrons. The number of carbonyl (C=O) groups is 2. The molecular formula is C16H21NO3. The maximum atomic E-state index is 12.1. The van der Waals surface area contributed by atoms with Crippen molar-refractivity contribution in [3.63, 3.8) is 0 Å². The van der Waals surface area contributed by atoms with E-state index in [4.69, 9.17) is 10.5 Å². The fourth-order valence-electron chi connectivity index (χ4n) is 2.53. The molecular weight excluding hydrogens is 254 g/mol. The van der Waals surface area contributed by atoms with Crippen LogP contribution in [0.2, 0.25) is 0 Å². The van der Waals surface area contributed by atoms with E-state index in [1.54, 1.807) is 24.3 Å². The van der Waals surface area contributed by atoms with E-state index in [9.17, 15) is 9.59 Å². The van der Waals surface area contributed by atoms with Gasteiger partial charge in [0.15, 0.2) is 0 Å². The molecule has 1 amide bonds. The second-order valence-corrected chi connectivity index (χ2v) is 5.31. The predicted octanol–water partition coefficient (Wildman–Crippen LogP) is 3.06. The smallest absolute Gasteiger partial charge is 0.338 e. The van der Waals surface area contributed by atoms with Gasteiger partial charge in [0, 0.05) is 5.56 Å². The second-order valence-electron chi connectivity index (χ2n) is 5.31. The van der Waals surface area contributed by atoms with E-state index in [1.165, 1.54) is 19.3 Å². The molecule has 0 saturated heterocycles. The van der Waals surface area contributed by atoms with Gasteiger partial charge in [0.1, 0.15) is 6.10 Å². The largest absolute Gasteiger partial charge is 0.459 e. The van der Waals surface area contributed by atoms with Gasteiger partial charge in [-0.3, -0.25) is 4.79 Å². The zero-order valence-electron chi connectivity index (χ0n) is 11.6. The third kappa shape index (κ3) is 4.08. The van der Waals surface area contributed by atoms with Crippen molar-refractivity contribution in [2.75, 3.05) is 0 Å². The fourth-order valence-corrected chi connectivity index (χ4v) is 2.53. The minimum absolute atomic E-state index is 0.0265. The summed E-state index contributed by atoms with van der Waals surface area (Å²) in [6, 6.07) is 6.28. The highest BCUT2D eigenvalue weighted by Crippen LogP contribution is 2.20. The standard InChI is InChI=1S/C16H21NO3/c17-15(18)12-8-10-13(11-9-12)16(19)20-14-6-4-2-1-3-5-7-14/h8-11,14H,1-7H2,(H2,17,18). The lowest BCUT2D eigenvalue weighted by molar-refractivity contribution is 0.0239. The highest BCUT2D eigenvalue weighted by Gasteiger charge is 2.17. The fraction of sp³-hybridized carbons (Fsp3) is 0.500. The van der Waals surface area contributed by atoms with Crippen LogP contribution < -0.4 is 5.73 Å². The van der Waals surface area contributed by atoms with E-state index >= 15 is 0 Å². The first-order valence-electron chi connectivity index (χ1n) is 7.27. The van der Waals surface area contributed by atoms with Gasteiger partial charge in [-0.05, 0) is 49.9 Å². The number of hydrogen-bond acceptors (Lipinski definition) is 3. The van der Waals surface area contributed by atoms with E-state index in [0.29, 0.717) is 11.1 Å². The monoisotopic (exact) mass is 275 g/mol. The molecule has 0 aliphatic heterocycles. The third-order valence-electron chi connectivity index (χ3n) is 3.73. The first kappa shape index (κ1) is 14.6. The minimum Gasteiger partial charge on any atom is -0.459 e. The van der Waals surface area contributed by atoms with Crippen molar-refractivity contribution in [3.8, 4) is 0 Å². The number of primary amides is 1. The number of carbonyl (C=O) groups excluding carboxylic acids is 2. The Balaban J connectivity index is 1.94. The van der Waals surface area contributed by atoms with Crippen LogP contribution >= 0.6 is 0 Å². The van der Waals surface area contributed by atoms with E-state index in [1.807, 2.05) is 0 Å². The summed E-state index contributed by atoms with van der Waals surface area (Å²) in [5.41, 5.74) is 6.03. The van der Waals surface area contributed by atoms with Crippen molar-refractivity contribution >= 4 is 11.9 Å². The van der Waals surface area contributed by atoms with Crippen molar-refractivity contribution in [1.29, 1.82) is 0 Å². The summed E-state index contributed by atoms with van der Waals surface area (Å²) in [7, 11) is 0. The van der Waals surface area contributed by atoms with Crippen molar-refractivity contribution in [2.45, 2.75) is 51.0 Å². The minimum atomic E-state index is -0.495. The van der Waals surface area contributed by atoms with Gasteiger partial charge in [-0.25, -0.2) is 4.79 Å². The molecule has 1 fully saturated rings. The zero-order chi connectivity index (χ0) is 14.4. The molecule has 1 aliphatic carbocycles. The molecule has 1 aromatic carbocycles. The van der Waals surface area contributed by atoms with Crippen molar-refractivity contribution in [3.05, 3.63) is 35.4 Å². The molecule has 20 heavy (non-hydrogen) atoms. The Bertz CT molecular complexity index is 459. The maximum absolute atomic E-state index is 12.1. The normalized spacial score (nSPS) is 17.0. The van der Waals surface area contributed by atoms with Gasteiger partial charge in [-0.1, -0.05) is 19.3 Å². The molecule has 0 radical (unpaired) electrons. The van der Waals surface area contributed by atoms with Gasteiger partial charge in [-0.15, -0.1) is 0 Å². The Morgan fingerprint density at radius 1 is 0.900 bits per heavy atom. The molecule has 0 aromatic heterocycles. The molecule has 0 atom stereocenters. The third-order valence-corrected chi connectivity index (χ3v) is 3.73. The Kier molecular flexibility index (Phi) is 5.16. The van der Waals surface area contributed by atoms with Crippen molar-refractivity contribution in [2.24, 2.45) is 5.73 Å². The number of rotatable bonds is 3. The molecule has 4 heteroatoms. The van der Waals surface area contributed by atoms with Crippen LogP contribution in [0.3, 0.4) is 0 Å². The average Bonchev–Trinajstić information content (AvgIpc) is 2.41. The first-order chi connectivity index (χ1) is 9.66. The number of ether oxygens (including phenoxy) is 1. The first-order valence-corrected chi connectivity index (χ1v) is 7.27. The van der Waals surface area contributed by atoms with Crippen LogP contribution in [0.25, 0.3) is 0 Å². The molecule has 0 bridgehead atoms. The van der Waals surface area contributed by atoms with Gasteiger partial charge in [0.2, 0.25) is 5.91 Å².